The summed E-state index contributed by atoms with van der Waals surface area (Å²) in [5, 5.41) is 13.2. The number of amides is 2. The fourth-order valence-electron chi connectivity index (χ4n) is 3.37. The van der Waals surface area contributed by atoms with E-state index in [0.717, 1.165) is 5.69 Å². The van der Waals surface area contributed by atoms with Crippen LogP contribution >= 0.6 is 0 Å². The highest BCUT2D eigenvalue weighted by molar-refractivity contribution is 5.99. The lowest BCUT2D eigenvalue weighted by molar-refractivity contribution is 0.262. The Morgan fingerprint density at radius 2 is 1.73 bits per heavy atom. The SMILES string of the molecule is CNc1cc(Oc2ccc(NC(=O)Nc3cc(C(C)(C)C)nn3-c3ccc(F)cc3)cc2OC)ncn1. The summed E-state index contributed by atoms with van der Waals surface area (Å²) >= 11 is 0. The van der Waals surface area contributed by atoms with Gasteiger partial charge in [0.2, 0.25) is 5.88 Å². The van der Waals surface area contributed by atoms with E-state index in [-0.39, 0.29) is 11.2 Å². The number of nitrogens with one attached hydrogen (secondary N) is 3. The molecule has 0 aliphatic carbocycles. The van der Waals surface area contributed by atoms with E-state index < -0.39 is 6.03 Å². The quantitative estimate of drug-likeness (QED) is 0.300. The number of anilines is 3. The van der Waals surface area contributed by atoms with Crippen molar-refractivity contribution in [2.75, 3.05) is 30.1 Å². The molecule has 2 heterocycles. The van der Waals surface area contributed by atoms with Crippen molar-refractivity contribution in [2.45, 2.75) is 26.2 Å². The number of benzene rings is 2. The zero-order chi connectivity index (χ0) is 26.6. The number of halogens is 1. The molecule has 0 aliphatic heterocycles. The van der Waals surface area contributed by atoms with Gasteiger partial charge in [0.15, 0.2) is 11.5 Å². The van der Waals surface area contributed by atoms with E-state index in [1.54, 1.807) is 54.2 Å². The predicted molar refractivity (Wildman–Crippen MR) is 140 cm³/mol. The zero-order valence-corrected chi connectivity index (χ0v) is 21.2. The van der Waals surface area contributed by atoms with E-state index in [4.69, 9.17) is 9.47 Å². The third kappa shape index (κ3) is 6.13. The number of rotatable bonds is 7. The standard InChI is InChI=1S/C26H28FN7O3/c1-26(2,3)21-13-23(34(33-21)18-9-6-16(27)7-10-18)32-25(35)31-17-8-11-19(20(12-17)36-5)37-24-14-22(28-4)29-15-30-24/h6-15H,1-5H3,(H,28,29,30)(H2,31,32,35). The molecular formula is C26H28FN7O3. The molecule has 0 radical (unpaired) electrons. The molecule has 0 spiro atoms. The second kappa shape index (κ2) is 10.5. The number of carbonyl (C=O) groups excluding carboxylic acids is 1. The summed E-state index contributed by atoms with van der Waals surface area (Å²) < 4.78 is 26.3. The van der Waals surface area contributed by atoms with Gasteiger partial charge in [-0.1, -0.05) is 20.8 Å². The Hall–Kier alpha value is -4.67. The molecule has 2 amide bonds. The molecule has 0 unspecified atom stereocenters. The first-order valence-corrected chi connectivity index (χ1v) is 11.5. The molecule has 192 valence electrons. The number of ether oxygens (including phenoxy) is 2. The minimum Gasteiger partial charge on any atom is -0.493 e. The summed E-state index contributed by atoms with van der Waals surface area (Å²) in [7, 11) is 3.25. The number of urea groups is 1. The maximum Gasteiger partial charge on any atom is 0.324 e. The van der Waals surface area contributed by atoms with Gasteiger partial charge in [0.25, 0.3) is 0 Å². The normalized spacial score (nSPS) is 11.1. The average molecular weight is 506 g/mol. The molecule has 11 heteroatoms. The van der Waals surface area contributed by atoms with Crippen LogP contribution in [-0.2, 0) is 5.41 Å². The molecule has 3 N–H and O–H groups in total. The van der Waals surface area contributed by atoms with Gasteiger partial charge < -0.3 is 20.1 Å². The van der Waals surface area contributed by atoms with Gasteiger partial charge in [0.1, 0.15) is 23.8 Å². The van der Waals surface area contributed by atoms with Crippen molar-refractivity contribution in [2.24, 2.45) is 0 Å². The molecule has 0 saturated heterocycles. The third-order valence-corrected chi connectivity index (χ3v) is 5.32. The van der Waals surface area contributed by atoms with Crippen molar-refractivity contribution in [1.82, 2.24) is 19.7 Å². The Bertz CT molecular complexity index is 1400. The monoisotopic (exact) mass is 505 g/mol. The molecule has 0 atom stereocenters. The van der Waals surface area contributed by atoms with Gasteiger partial charge >= 0.3 is 6.03 Å². The summed E-state index contributed by atoms with van der Waals surface area (Å²) in [5.74, 6) is 1.83. The van der Waals surface area contributed by atoms with Crippen LogP contribution in [0.3, 0.4) is 0 Å². The van der Waals surface area contributed by atoms with Gasteiger partial charge in [0, 0.05) is 36.3 Å². The van der Waals surface area contributed by atoms with E-state index >= 15 is 0 Å². The number of aromatic nitrogens is 4. The van der Waals surface area contributed by atoms with Crippen LogP contribution in [0, 0.1) is 5.82 Å². The molecular weight excluding hydrogens is 477 g/mol. The lowest BCUT2D eigenvalue weighted by Crippen LogP contribution is -2.21. The highest BCUT2D eigenvalue weighted by atomic mass is 19.1. The molecule has 2 aromatic heterocycles. The summed E-state index contributed by atoms with van der Waals surface area (Å²) in [6.07, 6.45) is 1.38. The van der Waals surface area contributed by atoms with Crippen molar-refractivity contribution in [1.29, 1.82) is 0 Å². The number of carbonyl (C=O) groups is 1. The Kier molecular flexibility index (Phi) is 7.23. The maximum absolute atomic E-state index is 13.5. The average Bonchev–Trinajstić information content (AvgIpc) is 3.29. The Morgan fingerprint density at radius 3 is 2.41 bits per heavy atom. The topological polar surface area (TPSA) is 115 Å². The van der Waals surface area contributed by atoms with E-state index in [1.165, 1.54) is 25.6 Å². The number of hydrogen-bond donors (Lipinski definition) is 3. The molecule has 0 bridgehead atoms. The van der Waals surface area contributed by atoms with Gasteiger partial charge in [-0.2, -0.15) is 5.10 Å². The number of nitrogens with zero attached hydrogens (tertiary/aromatic N) is 4. The second-order valence-electron chi connectivity index (χ2n) is 9.09. The van der Waals surface area contributed by atoms with E-state index in [2.05, 4.69) is 31.0 Å². The van der Waals surface area contributed by atoms with Crippen molar-refractivity contribution >= 4 is 23.4 Å². The van der Waals surface area contributed by atoms with Crippen LogP contribution < -0.4 is 25.4 Å². The molecule has 0 saturated carbocycles. The lowest BCUT2D eigenvalue weighted by Gasteiger charge is -2.14. The fraction of sp³-hybridized carbons (Fsp3) is 0.231. The molecule has 4 rings (SSSR count). The first-order valence-electron chi connectivity index (χ1n) is 11.5. The van der Waals surface area contributed by atoms with Crippen LogP contribution in [0.15, 0.2) is 60.9 Å². The Balaban J connectivity index is 1.53. The van der Waals surface area contributed by atoms with Gasteiger partial charge in [-0.3, -0.25) is 5.32 Å². The van der Waals surface area contributed by atoms with E-state index in [9.17, 15) is 9.18 Å². The molecule has 0 fully saturated rings. The highest BCUT2D eigenvalue weighted by Gasteiger charge is 2.22. The van der Waals surface area contributed by atoms with Crippen LogP contribution in [-0.4, -0.2) is 39.9 Å². The van der Waals surface area contributed by atoms with Crippen LogP contribution in [0.1, 0.15) is 26.5 Å². The number of hydrogen-bond acceptors (Lipinski definition) is 7. The van der Waals surface area contributed by atoms with Crippen molar-refractivity contribution in [3.63, 3.8) is 0 Å². The fourth-order valence-corrected chi connectivity index (χ4v) is 3.37. The lowest BCUT2D eigenvalue weighted by atomic mass is 9.92. The minimum absolute atomic E-state index is 0.265. The van der Waals surface area contributed by atoms with Gasteiger partial charge in [0.05, 0.1) is 18.5 Å². The molecule has 0 aliphatic rings. The van der Waals surface area contributed by atoms with Crippen LogP contribution in [0.25, 0.3) is 5.69 Å². The summed E-state index contributed by atoms with van der Waals surface area (Å²) in [6, 6.07) is 13.8. The highest BCUT2D eigenvalue weighted by Crippen LogP contribution is 2.34. The van der Waals surface area contributed by atoms with Crippen molar-refractivity contribution in [3.05, 3.63) is 72.4 Å². The Morgan fingerprint density at radius 1 is 0.973 bits per heavy atom. The number of methoxy groups -OCH3 is 1. The van der Waals surface area contributed by atoms with Gasteiger partial charge in [-0.05, 0) is 36.4 Å². The third-order valence-electron chi connectivity index (χ3n) is 5.32. The van der Waals surface area contributed by atoms with E-state index in [0.29, 0.717) is 40.4 Å². The minimum atomic E-state index is -0.492. The van der Waals surface area contributed by atoms with Crippen LogP contribution in [0.5, 0.6) is 17.4 Å². The van der Waals surface area contributed by atoms with Gasteiger partial charge in [-0.25, -0.2) is 23.8 Å². The zero-order valence-electron chi connectivity index (χ0n) is 21.2. The maximum atomic E-state index is 13.5. The second-order valence-corrected chi connectivity index (χ2v) is 9.09. The van der Waals surface area contributed by atoms with Crippen LogP contribution in [0.4, 0.5) is 26.5 Å². The van der Waals surface area contributed by atoms with Gasteiger partial charge in [-0.15, -0.1) is 0 Å². The van der Waals surface area contributed by atoms with Crippen LogP contribution in [0.2, 0.25) is 0 Å². The summed E-state index contributed by atoms with van der Waals surface area (Å²) in [5.41, 5.74) is 1.59. The molecule has 10 nitrogen and oxygen atoms in total. The Labute approximate surface area is 213 Å². The molecule has 2 aromatic carbocycles. The largest absolute Gasteiger partial charge is 0.493 e. The molecule has 37 heavy (non-hydrogen) atoms. The first kappa shape index (κ1) is 25.4. The smallest absolute Gasteiger partial charge is 0.324 e. The van der Waals surface area contributed by atoms with E-state index in [1.807, 2.05) is 20.8 Å². The molecule has 4 aromatic rings. The summed E-state index contributed by atoms with van der Waals surface area (Å²) in [4.78, 5) is 21.1. The predicted octanol–water partition coefficient (Wildman–Crippen LogP) is 5.59. The van der Waals surface area contributed by atoms with Crippen molar-refractivity contribution in [3.8, 4) is 23.1 Å². The first-order chi connectivity index (χ1) is 17.7. The summed E-state index contributed by atoms with van der Waals surface area (Å²) in [6.45, 7) is 6.06. The van der Waals surface area contributed by atoms with Crippen molar-refractivity contribution < 1.29 is 18.7 Å².